The van der Waals surface area contributed by atoms with E-state index in [2.05, 4.69) is 0 Å². The van der Waals surface area contributed by atoms with Gasteiger partial charge in [0.25, 0.3) is 0 Å². The lowest BCUT2D eigenvalue weighted by Crippen LogP contribution is -2.18. The van der Waals surface area contributed by atoms with E-state index in [1.54, 1.807) is 6.92 Å². The Morgan fingerprint density at radius 3 is 2.30 bits per heavy atom. The van der Waals surface area contributed by atoms with Crippen LogP contribution in [0.5, 0.6) is 0 Å². The predicted octanol–water partition coefficient (Wildman–Crippen LogP) is 1.13. The van der Waals surface area contributed by atoms with Crippen molar-refractivity contribution in [3.05, 3.63) is 0 Å². The van der Waals surface area contributed by atoms with Crippen molar-refractivity contribution in [2.45, 2.75) is 26.9 Å². The van der Waals surface area contributed by atoms with Gasteiger partial charge in [-0.15, -0.1) is 0 Å². The molecule has 0 aromatic rings. The Bertz CT molecular complexity index is 109. The van der Waals surface area contributed by atoms with E-state index < -0.39 is 11.9 Å². The minimum absolute atomic E-state index is 0.113. The molecule has 0 aromatic heterocycles. The Hall–Kier alpha value is -0.570. The SMILES string of the molecule is CC(C)OCC(C)C(=O)O. The molecule has 0 bridgehead atoms. The van der Waals surface area contributed by atoms with Crippen LogP contribution in [0.2, 0.25) is 0 Å². The molecule has 0 spiro atoms. The van der Waals surface area contributed by atoms with Crippen molar-refractivity contribution >= 4 is 5.97 Å². The fraction of sp³-hybridized carbons (Fsp3) is 0.857. The van der Waals surface area contributed by atoms with Crippen molar-refractivity contribution in [3.8, 4) is 0 Å². The standard InChI is InChI=1S/C7H14O3/c1-5(2)10-4-6(3)7(8)9/h5-6H,4H2,1-3H3,(H,8,9). The van der Waals surface area contributed by atoms with Crippen LogP contribution in [-0.4, -0.2) is 23.8 Å². The molecule has 0 heterocycles. The third kappa shape index (κ3) is 4.32. The molecule has 1 N–H and O–H groups in total. The summed E-state index contributed by atoms with van der Waals surface area (Å²) >= 11 is 0. The summed E-state index contributed by atoms with van der Waals surface area (Å²) in [4.78, 5) is 10.2. The van der Waals surface area contributed by atoms with Crippen molar-refractivity contribution in [2.24, 2.45) is 5.92 Å². The summed E-state index contributed by atoms with van der Waals surface area (Å²) in [5, 5.41) is 8.41. The third-order valence-electron chi connectivity index (χ3n) is 1.10. The number of carbonyl (C=O) groups is 1. The van der Waals surface area contributed by atoms with Crippen LogP contribution in [0, 0.1) is 5.92 Å². The number of hydrogen-bond acceptors (Lipinski definition) is 2. The summed E-state index contributed by atoms with van der Waals surface area (Å²) in [6.07, 6.45) is 0.113. The second-order valence-corrected chi connectivity index (χ2v) is 2.62. The molecule has 0 aliphatic carbocycles. The van der Waals surface area contributed by atoms with Crippen molar-refractivity contribution in [3.63, 3.8) is 0 Å². The lowest BCUT2D eigenvalue weighted by atomic mass is 10.2. The van der Waals surface area contributed by atoms with Gasteiger partial charge in [-0.2, -0.15) is 0 Å². The summed E-state index contributed by atoms with van der Waals surface area (Å²) < 4.78 is 5.08. The van der Waals surface area contributed by atoms with Gasteiger partial charge < -0.3 is 9.84 Å². The summed E-state index contributed by atoms with van der Waals surface area (Å²) in [6.45, 7) is 5.70. The zero-order chi connectivity index (χ0) is 8.15. The molecule has 0 fully saturated rings. The van der Waals surface area contributed by atoms with Crippen LogP contribution >= 0.6 is 0 Å². The van der Waals surface area contributed by atoms with E-state index in [0.717, 1.165) is 0 Å². The first-order valence-corrected chi connectivity index (χ1v) is 3.38. The molecular formula is C7H14O3. The van der Waals surface area contributed by atoms with Gasteiger partial charge in [0.15, 0.2) is 0 Å². The van der Waals surface area contributed by atoms with Crippen molar-refractivity contribution in [2.75, 3.05) is 6.61 Å². The average molecular weight is 146 g/mol. The molecule has 0 saturated carbocycles. The Kier molecular flexibility index (Phi) is 4.03. The summed E-state index contributed by atoms with van der Waals surface area (Å²) in [6, 6.07) is 0. The quantitative estimate of drug-likeness (QED) is 0.646. The number of aliphatic carboxylic acids is 1. The number of carboxylic acid groups (broad SMARTS) is 1. The van der Waals surface area contributed by atoms with Crippen molar-refractivity contribution in [1.82, 2.24) is 0 Å². The molecule has 0 rings (SSSR count). The lowest BCUT2D eigenvalue weighted by Gasteiger charge is -2.09. The second kappa shape index (κ2) is 4.28. The molecule has 0 saturated heterocycles. The largest absolute Gasteiger partial charge is 0.481 e. The van der Waals surface area contributed by atoms with E-state index in [4.69, 9.17) is 9.84 Å². The molecule has 0 aliphatic heterocycles. The molecule has 0 radical (unpaired) electrons. The van der Waals surface area contributed by atoms with Gasteiger partial charge >= 0.3 is 5.97 Å². The van der Waals surface area contributed by atoms with Crippen LogP contribution in [0.25, 0.3) is 0 Å². The maximum Gasteiger partial charge on any atom is 0.308 e. The first-order chi connectivity index (χ1) is 4.54. The van der Waals surface area contributed by atoms with Crippen LogP contribution < -0.4 is 0 Å². The van der Waals surface area contributed by atoms with E-state index in [1.807, 2.05) is 13.8 Å². The van der Waals surface area contributed by atoms with Gasteiger partial charge in [0.1, 0.15) is 0 Å². The van der Waals surface area contributed by atoms with Gasteiger partial charge in [-0.05, 0) is 20.8 Å². The van der Waals surface area contributed by atoms with E-state index in [-0.39, 0.29) is 6.10 Å². The normalized spacial score (nSPS) is 13.6. The first kappa shape index (κ1) is 9.43. The fourth-order valence-corrected chi connectivity index (χ4v) is 0.408. The molecule has 1 atom stereocenters. The van der Waals surface area contributed by atoms with Crippen molar-refractivity contribution < 1.29 is 14.6 Å². The summed E-state index contributed by atoms with van der Waals surface area (Å²) in [5.74, 6) is -1.21. The number of hydrogen-bond donors (Lipinski definition) is 1. The van der Waals surface area contributed by atoms with Crippen molar-refractivity contribution in [1.29, 1.82) is 0 Å². The monoisotopic (exact) mass is 146 g/mol. The highest BCUT2D eigenvalue weighted by atomic mass is 16.5. The summed E-state index contributed by atoms with van der Waals surface area (Å²) in [7, 11) is 0. The Labute approximate surface area is 61.0 Å². The molecular weight excluding hydrogens is 132 g/mol. The highest BCUT2D eigenvalue weighted by molar-refractivity contribution is 5.69. The van der Waals surface area contributed by atoms with Crippen LogP contribution in [0.3, 0.4) is 0 Å². The van der Waals surface area contributed by atoms with Crippen LogP contribution in [0.4, 0.5) is 0 Å². The minimum atomic E-state index is -0.805. The zero-order valence-corrected chi connectivity index (χ0v) is 6.63. The predicted molar refractivity (Wildman–Crippen MR) is 37.9 cm³/mol. The van der Waals surface area contributed by atoms with Gasteiger partial charge in [0.05, 0.1) is 18.6 Å². The Morgan fingerprint density at radius 1 is 1.50 bits per heavy atom. The molecule has 3 nitrogen and oxygen atoms in total. The van der Waals surface area contributed by atoms with Crippen LogP contribution in [0.15, 0.2) is 0 Å². The number of ether oxygens (including phenoxy) is 1. The third-order valence-corrected chi connectivity index (χ3v) is 1.10. The van der Waals surface area contributed by atoms with E-state index in [9.17, 15) is 4.79 Å². The van der Waals surface area contributed by atoms with Crippen LogP contribution in [-0.2, 0) is 9.53 Å². The minimum Gasteiger partial charge on any atom is -0.481 e. The maximum atomic E-state index is 10.2. The highest BCUT2D eigenvalue weighted by Gasteiger charge is 2.10. The molecule has 0 aliphatic rings. The van der Waals surface area contributed by atoms with Gasteiger partial charge in [0, 0.05) is 0 Å². The Balaban J connectivity index is 3.40. The smallest absolute Gasteiger partial charge is 0.308 e. The first-order valence-electron chi connectivity index (χ1n) is 3.38. The molecule has 0 amide bonds. The van der Waals surface area contributed by atoms with Gasteiger partial charge in [-0.25, -0.2) is 0 Å². The van der Waals surface area contributed by atoms with Gasteiger partial charge in [-0.3, -0.25) is 4.79 Å². The molecule has 60 valence electrons. The van der Waals surface area contributed by atoms with E-state index in [1.165, 1.54) is 0 Å². The number of carboxylic acids is 1. The maximum absolute atomic E-state index is 10.2. The zero-order valence-electron chi connectivity index (χ0n) is 6.63. The average Bonchev–Trinajstić information content (AvgIpc) is 1.82. The molecule has 10 heavy (non-hydrogen) atoms. The Morgan fingerprint density at radius 2 is 2.00 bits per heavy atom. The van der Waals surface area contributed by atoms with E-state index in [0.29, 0.717) is 6.61 Å². The molecule has 0 aromatic carbocycles. The van der Waals surface area contributed by atoms with Gasteiger partial charge in [-0.1, -0.05) is 0 Å². The van der Waals surface area contributed by atoms with Gasteiger partial charge in [0.2, 0.25) is 0 Å². The summed E-state index contributed by atoms with van der Waals surface area (Å²) in [5.41, 5.74) is 0. The fourth-order valence-electron chi connectivity index (χ4n) is 0.408. The topological polar surface area (TPSA) is 46.5 Å². The lowest BCUT2D eigenvalue weighted by molar-refractivity contribution is -0.143. The van der Waals surface area contributed by atoms with Crippen LogP contribution in [0.1, 0.15) is 20.8 Å². The molecule has 3 heteroatoms. The second-order valence-electron chi connectivity index (χ2n) is 2.62. The molecule has 1 unspecified atom stereocenters. The highest BCUT2D eigenvalue weighted by Crippen LogP contribution is 1.98. The van der Waals surface area contributed by atoms with E-state index >= 15 is 0 Å². The number of rotatable bonds is 4.